The molecule has 1 fully saturated rings. The lowest BCUT2D eigenvalue weighted by atomic mass is 9.92. The first-order valence-electron chi connectivity index (χ1n) is 6.76. The van der Waals surface area contributed by atoms with E-state index < -0.39 is 0 Å². The van der Waals surface area contributed by atoms with E-state index in [1.165, 1.54) is 6.42 Å². The first kappa shape index (κ1) is 13.0. The van der Waals surface area contributed by atoms with Crippen LogP contribution < -0.4 is 5.73 Å². The second-order valence-electron chi connectivity index (χ2n) is 5.60. The van der Waals surface area contributed by atoms with Crippen LogP contribution in [0.3, 0.4) is 0 Å². The van der Waals surface area contributed by atoms with Crippen LogP contribution in [-0.2, 0) is 6.54 Å². The number of amides is 1. The third kappa shape index (κ3) is 2.52. The summed E-state index contributed by atoms with van der Waals surface area (Å²) in [5, 5.41) is 0. The average molecular weight is 249 g/mol. The Bertz CT molecular complexity index is 428. The molecule has 1 amide bonds. The first-order valence-corrected chi connectivity index (χ1v) is 6.76. The van der Waals surface area contributed by atoms with Gasteiger partial charge in [0.1, 0.15) is 5.69 Å². The normalized spacial score (nSPS) is 24.3. The second-order valence-corrected chi connectivity index (χ2v) is 5.60. The number of anilines is 1. The summed E-state index contributed by atoms with van der Waals surface area (Å²) in [7, 11) is 0. The highest BCUT2D eigenvalue weighted by Crippen LogP contribution is 2.23. The molecule has 1 saturated heterocycles. The van der Waals surface area contributed by atoms with Crippen molar-refractivity contribution in [3.8, 4) is 0 Å². The Morgan fingerprint density at radius 1 is 1.39 bits per heavy atom. The van der Waals surface area contributed by atoms with Crippen LogP contribution >= 0.6 is 0 Å². The zero-order valence-corrected chi connectivity index (χ0v) is 11.5. The number of nitrogens with two attached hydrogens (primary N) is 1. The summed E-state index contributed by atoms with van der Waals surface area (Å²) in [5.41, 5.74) is 7.17. The fraction of sp³-hybridized carbons (Fsp3) is 0.643. The van der Waals surface area contributed by atoms with Crippen molar-refractivity contribution >= 4 is 11.6 Å². The highest BCUT2D eigenvalue weighted by Gasteiger charge is 2.27. The van der Waals surface area contributed by atoms with Crippen LogP contribution in [0.2, 0.25) is 0 Å². The van der Waals surface area contributed by atoms with E-state index in [1.807, 2.05) is 22.6 Å². The van der Waals surface area contributed by atoms with Gasteiger partial charge in [-0.25, -0.2) is 0 Å². The van der Waals surface area contributed by atoms with Crippen LogP contribution in [0, 0.1) is 11.8 Å². The smallest absolute Gasteiger partial charge is 0.270 e. The Balaban J connectivity index is 2.19. The molecule has 2 atom stereocenters. The number of carbonyl (C=O) groups excluding carboxylic acids is 1. The van der Waals surface area contributed by atoms with Crippen LogP contribution in [-0.4, -0.2) is 28.5 Å². The molecule has 1 aliphatic rings. The van der Waals surface area contributed by atoms with Crippen LogP contribution in [0.25, 0.3) is 0 Å². The van der Waals surface area contributed by atoms with Crippen LogP contribution in [0.15, 0.2) is 12.3 Å². The van der Waals surface area contributed by atoms with Crippen molar-refractivity contribution in [3.05, 3.63) is 18.0 Å². The lowest BCUT2D eigenvalue weighted by Gasteiger charge is -2.35. The van der Waals surface area contributed by atoms with Crippen LogP contribution in [0.1, 0.15) is 37.7 Å². The molecule has 4 nitrogen and oxygen atoms in total. The van der Waals surface area contributed by atoms with Crippen LogP contribution in [0.4, 0.5) is 5.69 Å². The standard InChI is InChI=1S/C14H23N3O/c1-4-16-9-12(15)6-13(16)14(18)17-7-10(2)5-11(3)8-17/h6,9-11H,4-5,7-8,15H2,1-3H3. The zero-order valence-electron chi connectivity index (χ0n) is 11.5. The van der Waals surface area contributed by atoms with Crippen molar-refractivity contribution in [3.63, 3.8) is 0 Å². The van der Waals surface area contributed by atoms with Gasteiger partial charge >= 0.3 is 0 Å². The Morgan fingerprint density at radius 3 is 2.56 bits per heavy atom. The van der Waals surface area contributed by atoms with Gasteiger partial charge in [-0.3, -0.25) is 4.79 Å². The fourth-order valence-electron chi connectivity index (χ4n) is 2.96. The van der Waals surface area contributed by atoms with E-state index in [1.54, 1.807) is 6.07 Å². The van der Waals surface area contributed by atoms with Crippen molar-refractivity contribution in [1.82, 2.24) is 9.47 Å². The van der Waals surface area contributed by atoms with Gasteiger partial charge in [0.05, 0.1) is 5.69 Å². The quantitative estimate of drug-likeness (QED) is 0.873. The number of nitrogens with zero attached hydrogens (tertiary/aromatic N) is 2. The van der Waals surface area contributed by atoms with Crippen LogP contribution in [0.5, 0.6) is 0 Å². The topological polar surface area (TPSA) is 51.3 Å². The van der Waals surface area contributed by atoms with Gasteiger partial charge in [-0.1, -0.05) is 13.8 Å². The minimum atomic E-state index is 0.118. The molecule has 0 aromatic carbocycles. The van der Waals surface area contributed by atoms with Crippen molar-refractivity contribution in [1.29, 1.82) is 0 Å². The molecule has 2 N–H and O–H groups in total. The maximum Gasteiger partial charge on any atom is 0.270 e. The molecule has 2 unspecified atom stereocenters. The molecular formula is C14H23N3O. The Kier molecular flexibility index (Phi) is 3.64. The fourth-order valence-corrected chi connectivity index (χ4v) is 2.96. The Morgan fingerprint density at radius 2 is 2.00 bits per heavy atom. The maximum absolute atomic E-state index is 12.5. The number of carbonyl (C=O) groups is 1. The van der Waals surface area contributed by atoms with Crippen molar-refractivity contribution in [2.75, 3.05) is 18.8 Å². The Hall–Kier alpha value is -1.45. The molecule has 4 heteroatoms. The number of piperidine rings is 1. The van der Waals surface area contributed by atoms with E-state index in [9.17, 15) is 4.79 Å². The predicted molar refractivity (Wildman–Crippen MR) is 73.4 cm³/mol. The number of hydrogen-bond donors (Lipinski definition) is 1. The highest BCUT2D eigenvalue weighted by molar-refractivity contribution is 5.94. The number of likely N-dealkylation sites (tertiary alicyclic amines) is 1. The van der Waals surface area contributed by atoms with E-state index in [4.69, 9.17) is 5.73 Å². The SMILES string of the molecule is CCn1cc(N)cc1C(=O)N1CC(C)CC(C)C1. The van der Waals surface area contributed by atoms with Crippen molar-refractivity contribution < 1.29 is 4.79 Å². The lowest BCUT2D eigenvalue weighted by molar-refractivity contribution is 0.0612. The molecule has 1 aliphatic heterocycles. The van der Waals surface area contributed by atoms with E-state index >= 15 is 0 Å². The molecule has 0 bridgehead atoms. The van der Waals surface area contributed by atoms with Crippen molar-refractivity contribution in [2.24, 2.45) is 11.8 Å². The maximum atomic E-state index is 12.5. The molecule has 0 radical (unpaired) electrons. The summed E-state index contributed by atoms with van der Waals surface area (Å²) in [6, 6.07) is 1.79. The first-order chi connectivity index (χ1) is 8.51. The Labute approximate surface area is 109 Å². The second kappa shape index (κ2) is 5.04. The summed E-state index contributed by atoms with van der Waals surface area (Å²) >= 11 is 0. The van der Waals surface area contributed by atoms with E-state index in [-0.39, 0.29) is 5.91 Å². The van der Waals surface area contributed by atoms with Crippen molar-refractivity contribution in [2.45, 2.75) is 33.7 Å². The van der Waals surface area contributed by atoms with Gasteiger partial charge in [-0.15, -0.1) is 0 Å². The minimum Gasteiger partial charge on any atom is -0.397 e. The van der Waals surface area contributed by atoms with Gasteiger partial charge < -0.3 is 15.2 Å². The van der Waals surface area contributed by atoms with Gasteiger partial charge in [0.25, 0.3) is 5.91 Å². The minimum absolute atomic E-state index is 0.118. The number of nitrogen functional groups attached to an aromatic ring is 1. The summed E-state index contributed by atoms with van der Waals surface area (Å²) in [6.45, 7) is 8.94. The van der Waals surface area contributed by atoms with E-state index in [2.05, 4.69) is 13.8 Å². The molecule has 2 heterocycles. The summed E-state index contributed by atoms with van der Waals surface area (Å²) < 4.78 is 1.93. The monoisotopic (exact) mass is 249 g/mol. The highest BCUT2D eigenvalue weighted by atomic mass is 16.2. The number of aryl methyl sites for hydroxylation is 1. The van der Waals surface area contributed by atoms with E-state index in [0.717, 1.165) is 25.3 Å². The van der Waals surface area contributed by atoms with E-state index in [0.29, 0.717) is 17.5 Å². The summed E-state index contributed by atoms with van der Waals surface area (Å²) in [6.07, 6.45) is 3.05. The summed E-state index contributed by atoms with van der Waals surface area (Å²) in [5.74, 6) is 1.28. The average Bonchev–Trinajstić information content (AvgIpc) is 2.68. The molecule has 1 aromatic rings. The van der Waals surface area contributed by atoms with Gasteiger partial charge in [0.15, 0.2) is 0 Å². The molecule has 0 saturated carbocycles. The van der Waals surface area contributed by atoms with Gasteiger partial charge in [0.2, 0.25) is 0 Å². The zero-order chi connectivity index (χ0) is 13.3. The van der Waals surface area contributed by atoms with Gasteiger partial charge in [0, 0.05) is 25.8 Å². The lowest BCUT2D eigenvalue weighted by Crippen LogP contribution is -2.43. The molecule has 2 rings (SSSR count). The number of rotatable bonds is 2. The molecule has 0 aliphatic carbocycles. The van der Waals surface area contributed by atoms with Gasteiger partial charge in [-0.05, 0) is 31.2 Å². The predicted octanol–water partition coefficient (Wildman–Crippen LogP) is 2.21. The summed E-state index contributed by atoms with van der Waals surface area (Å²) in [4.78, 5) is 14.5. The van der Waals surface area contributed by atoms with Gasteiger partial charge in [-0.2, -0.15) is 0 Å². The third-order valence-corrected chi connectivity index (χ3v) is 3.63. The molecular weight excluding hydrogens is 226 g/mol. The molecule has 100 valence electrons. The largest absolute Gasteiger partial charge is 0.397 e. The number of hydrogen-bond acceptors (Lipinski definition) is 2. The number of aromatic nitrogens is 1. The molecule has 0 spiro atoms. The molecule has 1 aromatic heterocycles. The molecule has 18 heavy (non-hydrogen) atoms. The third-order valence-electron chi connectivity index (χ3n) is 3.63.